The van der Waals surface area contributed by atoms with E-state index < -0.39 is 36.3 Å². The van der Waals surface area contributed by atoms with Gasteiger partial charge in [-0.2, -0.15) is 0 Å². The van der Waals surface area contributed by atoms with Gasteiger partial charge >= 0.3 is 5.97 Å². The highest BCUT2D eigenvalue weighted by atomic mass is 35.5. The molecule has 13 heteroatoms. The average Bonchev–Trinajstić information content (AvgIpc) is 3.25. The number of rotatable bonds is 10. The molecule has 0 aliphatic carbocycles. The molecule has 194 valence electrons. The molecule has 0 saturated heterocycles. The highest BCUT2D eigenvalue weighted by Gasteiger charge is 2.24. The summed E-state index contributed by atoms with van der Waals surface area (Å²) in [6.45, 7) is -0.256. The van der Waals surface area contributed by atoms with Gasteiger partial charge in [-0.3, -0.25) is 14.4 Å². The van der Waals surface area contributed by atoms with Crippen molar-refractivity contribution >= 4 is 58.2 Å². The first-order valence-electron chi connectivity index (χ1n) is 10.6. The molecule has 10 nitrogen and oxygen atoms in total. The maximum Gasteiger partial charge on any atom is 0.328 e. The minimum atomic E-state index is -1.46. The molecule has 3 amide bonds. The van der Waals surface area contributed by atoms with Crippen LogP contribution < -0.4 is 20.7 Å². The molecule has 2 aromatic carbocycles. The summed E-state index contributed by atoms with van der Waals surface area (Å²) >= 11 is 13.1. The van der Waals surface area contributed by atoms with Gasteiger partial charge in [0.1, 0.15) is 21.9 Å². The van der Waals surface area contributed by atoms with Crippen molar-refractivity contribution in [1.82, 2.24) is 16.0 Å². The van der Waals surface area contributed by atoms with Gasteiger partial charge in [0, 0.05) is 24.7 Å². The summed E-state index contributed by atoms with van der Waals surface area (Å²) in [5.74, 6) is -2.86. The molecule has 5 N–H and O–H groups in total. The summed E-state index contributed by atoms with van der Waals surface area (Å²) in [4.78, 5) is 49.3. The Morgan fingerprint density at radius 3 is 2.38 bits per heavy atom. The van der Waals surface area contributed by atoms with Crippen LogP contribution in [0.4, 0.5) is 0 Å². The van der Waals surface area contributed by atoms with E-state index in [1.807, 2.05) is 0 Å². The fraction of sp³-hybridized carbons (Fsp3) is 0.167. The summed E-state index contributed by atoms with van der Waals surface area (Å²) in [7, 11) is 1.40. The Labute approximate surface area is 225 Å². The Hall–Kier alpha value is -3.80. The average molecular weight is 566 g/mol. The monoisotopic (exact) mass is 565 g/mol. The second-order valence-corrected chi connectivity index (χ2v) is 9.64. The number of thiophene rings is 1. The van der Waals surface area contributed by atoms with Crippen LogP contribution in [0.3, 0.4) is 0 Å². The number of nitrogens with one attached hydrogen (secondary N) is 3. The maximum absolute atomic E-state index is 12.7. The van der Waals surface area contributed by atoms with Crippen molar-refractivity contribution in [2.75, 3.05) is 13.7 Å². The van der Waals surface area contributed by atoms with Crippen LogP contribution in [-0.2, 0) is 11.3 Å². The zero-order valence-corrected chi connectivity index (χ0v) is 21.5. The van der Waals surface area contributed by atoms with E-state index in [0.29, 0.717) is 11.3 Å². The lowest BCUT2D eigenvalue weighted by Crippen LogP contribution is -2.48. The molecule has 1 aromatic heterocycles. The van der Waals surface area contributed by atoms with E-state index in [4.69, 9.17) is 27.9 Å². The fourth-order valence-corrected chi connectivity index (χ4v) is 4.53. The normalized spacial score (nSPS) is 11.3. The summed E-state index contributed by atoms with van der Waals surface area (Å²) in [5.41, 5.74) is 0.802. The Morgan fingerprint density at radius 1 is 1.00 bits per heavy atom. The SMILES string of the molecule is COc1cc(C(=O)NC[C@H](NC(=O)c2ccc(C(=O)NCc3cccc(O)c3)cc2Cl)C(=O)O)sc1Cl. The molecule has 0 fully saturated rings. The highest BCUT2D eigenvalue weighted by Crippen LogP contribution is 2.33. The van der Waals surface area contributed by atoms with Crippen LogP contribution in [0, 0.1) is 0 Å². The first kappa shape index (κ1) is 27.8. The van der Waals surface area contributed by atoms with Crippen molar-refractivity contribution in [1.29, 1.82) is 0 Å². The Balaban J connectivity index is 1.61. The number of carbonyl (C=O) groups is 4. The molecule has 0 radical (unpaired) electrons. The van der Waals surface area contributed by atoms with Gasteiger partial charge in [-0.15, -0.1) is 11.3 Å². The minimum Gasteiger partial charge on any atom is -0.508 e. The van der Waals surface area contributed by atoms with Crippen molar-refractivity contribution in [3.63, 3.8) is 0 Å². The zero-order chi connectivity index (χ0) is 27.1. The van der Waals surface area contributed by atoms with Gasteiger partial charge in [0.15, 0.2) is 0 Å². The lowest BCUT2D eigenvalue weighted by molar-refractivity contribution is -0.139. The number of methoxy groups -OCH3 is 1. The predicted molar refractivity (Wildman–Crippen MR) is 138 cm³/mol. The molecule has 0 saturated carbocycles. The number of carboxylic acid groups (broad SMARTS) is 1. The second-order valence-electron chi connectivity index (χ2n) is 7.57. The molecule has 0 aliphatic heterocycles. The van der Waals surface area contributed by atoms with E-state index in [9.17, 15) is 29.4 Å². The summed E-state index contributed by atoms with van der Waals surface area (Å²) in [5, 5.41) is 26.3. The van der Waals surface area contributed by atoms with Gasteiger partial charge in [0.25, 0.3) is 17.7 Å². The molecule has 3 aromatic rings. The topological polar surface area (TPSA) is 154 Å². The molecule has 1 heterocycles. The molecular formula is C24H21Cl2N3O7S. The van der Waals surface area contributed by atoms with Crippen molar-refractivity contribution in [2.24, 2.45) is 0 Å². The van der Waals surface area contributed by atoms with Crippen LogP contribution in [-0.4, -0.2) is 53.6 Å². The Bertz CT molecular complexity index is 1350. The van der Waals surface area contributed by atoms with Crippen LogP contribution in [0.2, 0.25) is 9.36 Å². The number of carboxylic acids is 1. The summed E-state index contributed by atoms with van der Waals surface area (Å²) in [6.07, 6.45) is 0. The lowest BCUT2D eigenvalue weighted by Gasteiger charge is -2.16. The number of aliphatic carboxylic acids is 1. The third-order valence-electron chi connectivity index (χ3n) is 5.01. The summed E-state index contributed by atoms with van der Waals surface area (Å²) in [6, 6.07) is 10.3. The number of hydrogen-bond donors (Lipinski definition) is 5. The number of ether oxygens (including phenoxy) is 1. The molecule has 1 atom stereocenters. The number of amides is 3. The minimum absolute atomic E-state index is 0.0569. The van der Waals surface area contributed by atoms with Gasteiger partial charge in [-0.1, -0.05) is 35.3 Å². The Kier molecular flexibility index (Phi) is 9.34. The molecule has 0 spiro atoms. The number of halogens is 2. The third-order valence-corrected chi connectivity index (χ3v) is 6.64. The molecule has 0 unspecified atom stereocenters. The number of phenolic OH excluding ortho intramolecular Hbond substituents is 1. The van der Waals surface area contributed by atoms with Gasteiger partial charge in [0.05, 0.1) is 22.6 Å². The molecule has 0 bridgehead atoms. The molecular weight excluding hydrogens is 545 g/mol. The van der Waals surface area contributed by atoms with Crippen LogP contribution in [0.15, 0.2) is 48.5 Å². The van der Waals surface area contributed by atoms with Gasteiger partial charge < -0.3 is 30.9 Å². The molecule has 3 rings (SSSR count). The quantitative estimate of drug-likeness (QED) is 0.252. The summed E-state index contributed by atoms with van der Waals surface area (Å²) < 4.78 is 5.28. The maximum atomic E-state index is 12.7. The largest absolute Gasteiger partial charge is 0.508 e. The van der Waals surface area contributed by atoms with E-state index in [-0.39, 0.29) is 37.7 Å². The van der Waals surface area contributed by atoms with Crippen molar-refractivity contribution in [3.05, 3.63) is 79.5 Å². The lowest BCUT2D eigenvalue weighted by atomic mass is 10.1. The van der Waals surface area contributed by atoms with E-state index >= 15 is 0 Å². The number of carbonyl (C=O) groups excluding carboxylic acids is 3. The van der Waals surface area contributed by atoms with Gasteiger partial charge in [-0.05, 0) is 35.9 Å². The Morgan fingerprint density at radius 2 is 1.76 bits per heavy atom. The second kappa shape index (κ2) is 12.4. The van der Waals surface area contributed by atoms with E-state index in [1.165, 1.54) is 43.5 Å². The van der Waals surface area contributed by atoms with Crippen LogP contribution >= 0.6 is 34.5 Å². The van der Waals surface area contributed by atoms with Crippen molar-refractivity contribution < 1.29 is 34.1 Å². The standard InChI is InChI=1S/C24H21Cl2N3O7S/c1-36-18-9-19(37-20(18)26)23(33)28-11-17(24(34)35)29-22(32)15-6-5-13(8-16(15)25)21(31)27-10-12-3-2-4-14(30)7-12/h2-9,17,30H,10-11H2,1H3,(H,27,31)(H,28,33)(H,29,32)(H,34,35)/t17-/m0/s1. The van der Waals surface area contributed by atoms with Crippen LogP contribution in [0.1, 0.15) is 36.0 Å². The number of aromatic hydroxyl groups is 1. The first-order chi connectivity index (χ1) is 17.6. The van der Waals surface area contributed by atoms with Gasteiger partial charge in [0.2, 0.25) is 0 Å². The first-order valence-corrected chi connectivity index (χ1v) is 12.2. The third kappa shape index (κ3) is 7.35. The fourth-order valence-electron chi connectivity index (χ4n) is 3.11. The highest BCUT2D eigenvalue weighted by molar-refractivity contribution is 7.18. The van der Waals surface area contributed by atoms with Crippen LogP contribution in [0.25, 0.3) is 0 Å². The predicted octanol–water partition coefficient (Wildman–Crippen LogP) is 3.31. The van der Waals surface area contributed by atoms with Crippen molar-refractivity contribution in [2.45, 2.75) is 12.6 Å². The van der Waals surface area contributed by atoms with Crippen molar-refractivity contribution in [3.8, 4) is 11.5 Å². The molecule has 37 heavy (non-hydrogen) atoms. The van der Waals surface area contributed by atoms with Crippen LogP contribution in [0.5, 0.6) is 11.5 Å². The van der Waals surface area contributed by atoms with E-state index in [1.54, 1.807) is 12.1 Å². The molecule has 0 aliphatic rings. The number of benzene rings is 2. The zero-order valence-electron chi connectivity index (χ0n) is 19.2. The van der Waals surface area contributed by atoms with Gasteiger partial charge in [-0.25, -0.2) is 4.79 Å². The number of hydrogen-bond acceptors (Lipinski definition) is 7. The van der Waals surface area contributed by atoms with E-state index in [2.05, 4.69) is 16.0 Å². The number of phenols is 1. The van der Waals surface area contributed by atoms with E-state index in [0.717, 1.165) is 11.3 Å². The smallest absolute Gasteiger partial charge is 0.328 e.